The maximum atomic E-state index is 6.39. The van der Waals surface area contributed by atoms with Crippen molar-refractivity contribution in [2.45, 2.75) is 118 Å². The maximum absolute atomic E-state index is 6.39. The zero-order chi connectivity index (χ0) is 20.1. The minimum Gasteiger partial charge on any atom is -0.328 e. The van der Waals surface area contributed by atoms with Crippen molar-refractivity contribution in [3.05, 3.63) is 0 Å². The Kier molecular flexibility index (Phi) is 5.98. The Labute approximate surface area is 176 Å². The van der Waals surface area contributed by atoms with Crippen LogP contribution in [0.25, 0.3) is 0 Å². The van der Waals surface area contributed by atoms with Crippen molar-refractivity contribution in [2.24, 2.45) is 58.0 Å². The second-order valence-electron chi connectivity index (χ2n) is 12.7. The summed E-state index contributed by atoms with van der Waals surface area (Å²) in [5, 5.41) is 0. The molecule has 7 unspecified atom stereocenters. The van der Waals surface area contributed by atoms with Crippen LogP contribution in [-0.4, -0.2) is 6.04 Å². The summed E-state index contributed by atoms with van der Waals surface area (Å²) in [4.78, 5) is 0. The van der Waals surface area contributed by atoms with Crippen LogP contribution in [0.5, 0.6) is 0 Å². The van der Waals surface area contributed by atoms with Crippen molar-refractivity contribution in [1.82, 2.24) is 0 Å². The fraction of sp³-hybridized carbons (Fsp3) is 1.00. The van der Waals surface area contributed by atoms with Gasteiger partial charge in [-0.25, -0.2) is 0 Å². The predicted molar refractivity (Wildman–Crippen MR) is 121 cm³/mol. The Balaban J connectivity index is 1.46. The molecule has 0 radical (unpaired) electrons. The molecule has 28 heavy (non-hydrogen) atoms. The quantitative estimate of drug-likeness (QED) is 0.521. The molecule has 4 aliphatic rings. The van der Waals surface area contributed by atoms with Crippen LogP contribution in [0, 0.1) is 52.3 Å². The minimum atomic E-state index is 0.492. The molecule has 9 atom stereocenters. The Hall–Kier alpha value is -0.0400. The smallest absolute Gasteiger partial charge is 0.00418 e. The standard InChI is InChI=1S/C27H49N/c1-18(2)7-6-8-19(3)23-11-12-24-22-10-9-20-17-21(28)13-15-26(20,4)25(22)14-16-27(23,24)5/h18-25H,6-17,28H2,1-5H3/t19-,20?,21?,22?,23?,24+,25?,26?,27?/m1/s1. The largest absolute Gasteiger partial charge is 0.328 e. The van der Waals surface area contributed by atoms with E-state index in [0.29, 0.717) is 16.9 Å². The third-order valence-electron chi connectivity index (χ3n) is 10.9. The van der Waals surface area contributed by atoms with Gasteiger partial charge in [-0.05, 0) is 110 Å². The molecule has 4 fully saturated rings. The summed E-state index contributed by atoms with van der Waals surface area (Å²) in [5.41, 5.74) is 7.64. The Morgan fingerprint density at radius 3 is 2.29 bits per heavy atom. The summed E-state index contributed by atoms with van der Waals surface area (Å²) >= 11 is 0. The van der Waals surface area contributed by atoms with Gasteiger partial charge in [-0.2, -0.15) is 0 Å². The molecule has 1 heteroatoms. The number of rotatable bonds is 5. The first-order valence-electron chi connectivity index (χ1n) is 13.0. The lowest BCUT2D eigenvalue weighted by molar-refractivity contribution is -0.116. The molecule has 0 heterocycles. The summed E-state index contributed by atoms with van der Waals surface area (Å²) < 4.78 is 0. The summed E-state index contributed by atoms with van der Waals surface area (Å²) in [6.07, 6.45) is 17.5. The monoisotopic (exact) mass is 387 g/mol. The van der Waals surface area contributed by atoms with Crippen molar-refractivity contribution in [2.75, 3.05) is 0 Å². The normalized spacial score (nSPS) is 49.4. The molecule has 0 bridgehead atoms. The molecule has 1 nitrogen and oxygen atoms in total. The molecular formula is C27H49N. The lowest BCUT2D eigenvalue weighted by Crippen LogP contribution is -2.54. The van der Waals surface area contributed by atoms with Crippen LogP contribution in [0.3, 0.4) is 0 Å². The molecule has 0 aromatic heterocycles. The number of hydrogen-bond acceptors (Lipinski definition) is 1. The number of fused-ring (bicyclic) bond motifs is 5. The van der Waals surface area contributed by atoms with Crippen LogP contribution in [0.4, 0.5) is 0 Å². The summed E-state index contributed by atoms with van der Waals surface area (Å²) in [5.74, 6) is 6.79. The lowest BCUT2D eigenvalue weighted by Gasteiger charge is -2.61. The first-order chi connectivity index (χ1) is 13.3. The van der Waals surface area contributed by atoms with Crippen molar-refractivity contribution in [1.29, 1.82) is 0 Å². The Bertz CT molecular complexity index is 540. The highest BCUT2D eigenvalue weighted by molar-refractivity contribution is 5.09. The van der Waals surface area contributed by atoms with Gasteiger partial charge in [0, 0.05) is 6.04 Å². The second kappa shape index (κ2) is 7.90. The van der Waals surface area contributed by atoms with Gasteiger partial charge in [0.05, 0.1) is 0 Å². The highest BCUT2D eigenvalue weighted by Gasteiger charge is 2.60. The van der Waals surface area contributed by atoms with Gasteiger partial charge in [0.2, 0.25) is 0 Å². The SMILES string of the molecule is CC(C)CCC[C@@H](C)C1CC[C@H]2C3CCC4CC(N)CCC4(C)C3CCC12C. The molecule has 0 amide bonds. The highest BCUT2D eigenvalue weighted by atomic mass is 14.7. The zero-order valence-corrected chi connectivity index (χ0v) is 19.7. The molecule has 0 aromatic rings. The van der Waals surface area contributed by atoms with E-state index in [-0.39, 0.29) is 0 Å². The molecule has 162 valence electrons. The van der Waals surface area contributed by atoms with E-state index in [9.17, 15) is 0 Å². The van der Waals surface area contributed by atoms with Crippen LogP contribution in [0.1, 0.15) is 112 Å². The molecular weight excluding hydrogens is 338 g/mol. The summed E-state index contributed by atoms with van der Waals surface area (Å²) in [6.45, 7) is 12.8. The van der Waals surface area contributed by atoms with E-state index in [4.69, 9.17) is 5.73 Å². The molecule has 2 N–H and O–H groups in total. The summed E-state index contributed by atoms with van der Waals surface area (Å²) in [6, 6.07) is 0.492. The maximum Gasteiger partial charge on any atom is 0.00418 e. The minimum absolute atomic E-state index is 0.492. The van der Waals surface area contributed by atoms with Crippen LogP contribution < -0.4 is 5.73 Å². The molecule has 4 saturated carbocycles. The van der Waals surface area contributed by atoms with Gasteiger partial charge in [0.1, 0.15) is 0 Å². The third-order valence-corrected chi connectivity index (χ3v) is 10.9. The highest BCUT2D eigenvalue weighted by Crippen LogP contribution is 2.68. The number of hydrogen-bond donors (Lipinski definition) is 1. The van der Waals surface area contributed by atoms with Crippen LogP contribution >= 0.6 is 0 Å². The number of nitrogens with two attached hydrogens (primary N) is 1. The average Bonchev–Trinajstić information content (AvgIpc) is 2.99. The van der Waals surface area contributed by atoms with Crippen molar-refractivity contribution >= 4 is 0 Å². The van der Waals surface area contributed by atoms with E-state index in [1.54, 1.807) is 0 Å². The lowest BCUT2D eigenvalue weighted by atomic mass is 9.44. The van der Waals surface area contributed by atoms with E-state index >= 15 is 0 Å². The van der Waals surface area contributed by atoms with E-state index < -0.39 is 0 Å². The zero-order valence-electron chi connectivity index (χ0n) is 19.7. The molecule has 0 spiro atoms. The Morgan fingerprint density at radius 1 is 0.821 bits per heavy atom. The van der Waals surface area contributed by atoms with Crippen molar-refractivity contribution < 1.29 is 0 Å². The molecule has 0 saturated heterocycles. The topological polar surface area (TPSA) is 26.0 Å². The molecule has 0 aromatic carbocycles. The van der Waals surface area contributed by atoms with Crippen molar-refractivity contribution in [3.63, 3.8) is 0 Å². The molecule has 4 aliphatic carbocycles. The second-order valence-corrected chi connectivity index (χ2v) is 12.7. The van der Waals surface area contributed by atoms with Crippen molar-refractivity contribution in [3.8, 4) is 0 Å². The van der Waals surface area contributed by atoms with Gasteiger partial charge in [-0.1, -0.05) is 53.9 Å². The van der Waals surface area contributed by atoms with Crippen LogP contribution in [-0.2, 0) is 0 Å². The first kappa shape index (κ1) is 21.2. The molecule has 0 aliphatic heterocycles. The predicted octanol–water partition coefficient (Wildman–Crippen LogP) is 7.44. The van der Waals surface area contributed by atoms with Gasteiger partial charge >= 0.3 is 0 Å². The third kappa shape index (κ3) is 3.50. The average molecular weight is 388 g/mol. The first-order valence-corrected chi connectivity index (χ1v) is 13.0. The molecule has 4 rings (SSSR count). The fourth-order valence-corrected chi connectivity index (χ4v) is 9.32. The Morgan fingerprint density at radius 2 is 1.54 bits per heavy atom. The van der Waals surface area contributed by atoms with Crippen LogP contribution in [0.15, 0.2) is 0 Å². The van der Waals surface area contributed by atoms with Gasteiger partial charge in [0.25, 0.3) is 0 Å². The van der Waals surface area contributed by atoms with Gasteiger partial charge in [0.15, 0.2) is 0 Å². The fourth-order valence-electron chi connectivity index (χ4n) is 9.32. The van der Waals surface area contributed by atoms with Gasteiger partial charge in [-0.15, -0.1) is 0 Å². The van der Waals surface area contributed by atoms with E-state index in [1.165, 1.54) is 77.0 Å². The van der Waals surface area contributed by atoms with E-state index in [2.05, 4.69) is 34.6 Å². The van der Waals surface area contributed by atoms with Crippen LogP contribution in [0.2, 0.25) is 0 Å². The van der Waals surface area contributed by atoms with E-state index in [1.807, 2.05) is 0 Å². The van der Waals surface area contributed by atoms with E-state index in [0.717, 1.165) is 41.4 Å². The van der Waals surface area contributed by atoms with Gasteiger partial charge in [-0.3, -0.25) is 0 Å². The summed E-state index contributed by atoms with van der Waals surface area (Å²) in [7, 11) is 0. The van der Waals surface area contributed by atoms with Gasteiger partial charge < -0.3 is 5.73 Å².